The molecular weight excluding hydrogens is 295 g/mol. The summed E-state index contributed by atoms with van der Waals surface area (Å²) in [5.74, 6) is 0. The van der Waals surface area contributed by atoms with Crippen LogP contribution in [0.3, 0.4) is 0 Å². The molecule has 0 aromatic carbocycles. The molecule has 1 aromatic rings. The first-order valence-corrected chi connectivity index (χ1v) is 4.98. The Hall–Kier alpha value is -1.24. The predicted molar refractivity (Wildman–Crippen MR) is 63.3 cm³/mol. The van der Waals surface area contributed by atoms with Crippen LogP contribution in [0.1, 0.15) is 11.3 Å². The van der Waals surface area contributed by atoms with Crippen molar-refractivity contribution in [1.29, 1.82) is 0 Å². The van der Waals surface area contributed by atoms with Crippen LogP contribution in [0.5, 0.6) is 0 Å². The lowest BCUT2D eigenvalue weighted by Gasteiger charge is -2.00. The van der Waals surface area contributed by atoms with Crippen molar-refractivity contribution < 1.29 is 4.92 Å². The van der Waals surface area contributed by atoms with Crippen LogP contribution in [0.25, 0.3) is 11.8 Å². The molecule has 0 aliphatic rings. The lowest BCUT2D eigenvalue weighted by atomic mass is 10.1. The third-order valence-corrected chi connectivity index (χ3v) is 2.19. The van der Waals surface area contributed by atoms with Gasteiger partial charge in [0.15, 0.2) is 0 Å². The van der Waals surface area contributed by atoms with Crippen molar-refractivity contribution in [2.75, 3.05) is 0 Å². The van der Waals surface area contributed by atoms with Crippen molar-refractivity contribution in [3.8, 4) is 0 Å². The van der Waals surface area contributed by atoms with E-state index < -0.39 is 4.92 Å². The molecule has 0 N–H and O–H groups in total. The summed E-state index contributed by atoms with van der Waals surface area (Å²) in [5.41, 5.74) is 0.995. The van der Waals surface area contributed by atoms with Gasteiger partial charge in [-0.05, 0) is 28.7 Å². The van der Waals surface area contributed by atoms with E-state index in [1.54, 1.807) is 18.2 Å². The van der Waals surface area contributed by atoms with Crippen LogP contribution >= 0.6 is 22.6 Å². The van der Waals surface area contributed by atoms with Gasteiger partial charge in [-0.15, -0.1) is 0 Å². The van der Waals surface area contributed by atoms with E-state index in [4.69, 9.17) is 0 Å². The number of aromatic nitrogens is 1. The largest absolute Gasteiger partial charge is 0.301 e. The van der Waals surface area contributed by atoms with E-state index in [0.29, 0.717) is 11.3 Å². The van der Waals surface area contributed by atoms with Crippen LogP contribution in [0, 0.1) is 10.1 Å². The Labute approximate surface area is 94.6 Å². The van der Waals surface area contributed by atoms with Crippen molar-refractivity contribution in [1.82, 2.24) is 4.98 Å². The van der Waals surface area contributed by atoms with Gasteiger partial charge in [0.2, 0.25) is 0 Å². The quantitative estimate of drug-likeness (QED) is 0.490. The SMILES string of the molecule is C=Cc1cccnc1/C(=C\I)[N+](=O)[O-]. The number of rotatable bonds is 3. The van der Waals surface area contributed by atoms with Gasteiger partial charge in [-0.1, -0.05) is 18.7 Å². The van der Waals surface area contributed by atoms with Gasteiger partial charge in [0.1, 0.15) is 5.69 Å². The molecule has 1 rings (SSSR count). The maximum atomic E-state index is 10.7. The minimum atomic E-state index is -0.457. The van der Waals surface area contributed by atoms with Crippen LogP contribution in [0.2, 0.25) is 0 Å². The highest BCUT2D eigenvalue weighted by atomic mass is 127. The van der Waals surface area contributed by atoms with Crippen LogP contribution < -0.4 is 0 Å². The fourth-order valence-corrected chi connectivity index (χ4v) is 1.50. The Morgan fingerprint density at radius 3 is 2.93 bits per heavy atom. The molecular formula is C9H7IN2O2. The Morgan fingerprint density at radius 1 is 1.71 bits per heavy atom. The first-order valence-electron chi connectivity index (χ1n) is 3.73. The minimum Gasteiger partial charge on any atom is -0.258 e. The van der Waals surface area contributed by atoms with Gasteiger partial charge in [0, 0.05) is 11.8 Å². The van der Waals surface area contributed by atoms with Crippen molar-refractivity contribution in [3.63, 3.8) is 0 Å². The summed E-state index contributed by atoms with van der Waals surface area (Å²) in [6.07, 6.45) is 3.07. The van der Waals surface area contributed by atoms with E-state index >= 15 is 0 Å². The normalized spacial score (nSPS) is 11.1. The molecule has 0 amide bonds. The topological polar surface area (TPSA) is 56.0 Å². The molecule has 0 radical (unpaired) electrons. The fourth-order valence-electron chi connectivity index (χ4n) is 0.974. The molecule has 0 unspecified atom stereocenters. The predicted octanol–water partition coefficient (Wildman–Crippen LogP) is 2.73. The monoisotopic (exact) mass is 302 g/mol. The van der Waals surface area contributed by atoms with Gasteiger partial charge in [-0.2, -0.15) is 0 Å². The standard InChI is InChI=1S/C9H7IN2O2/c1-2-7-4-3-5-11-9(7)8(6-10)12(13)14/h2-6H,1H2/b8-6+. The summed E-state index contributed by atoms with van der Waals surface area (Å²) >= 11 is 1.82. The summed E-state index contributed by atoms with van der Waals surface area (Å²) in [6.45, 7) is 3.58. The van der Waals surface area contributed by atoms with Gasteiger partial charge in [0.05, 0.1) is 9.01 Å². The second-order valence-corrected chi connectivity index (χ2v) is 3.02. The molecule has 5 heteroatoms. The third kappa shape index (κ3) is 2.16. The average molecular weight is 302 g/mol. The number of hydrogen-bond acceptors (Lipinski definition) is 3. The number of nitro groups is 1. The van der Waals surface area contributed by atoms with E-state index in [2.05, 4.69) is 11.6 Å². The lowest BCUT2D eigenvalue weighted by molar-refractivity contribution is -0.375. The number of hydrogen-bond donors (Lipinski definition) is 0. The molecule has 0 saturated heterocycles. The highest BCUT2D eigenvalue weighted by molar-refractivity contribution is 14.1. The lowest BCUT2D eigenvalue weighted by Crippen LogP contribution is -2.01. The molecule has 0 aliphatic carbocycles. The molecule has 0 fully saturated rings. The van der Waals surface area contributed by atoms with Crippen LogP contribution in [-0.4, -0.2) is 9.91 Å². The van der Waals surface area contributed by atoms with Crippen molar-refractivity contribution in [2.24, 2.45) is 0 Å². The molecule has 1 heterocycles. The van der Waals surface area contributed by atoms with Crippen LogP contribution in [-0.2, 0) is 0 Å². The third-order valence-electron chi connectivity index (χ3n) is 1.60. The highest BCUT2D eigenvalue weighted by Gasteiger charge is 2.17. The van der Waals surface area contributed by atoms with Gasteiger partial charge >= 0.3 is 5.70 Å². The molecule has 0 spiro atoms. The van der Waals surface area contributed by atoms with Gasteiger partial charge in [-0.3, -0.25) is 10.1 Å². The minimum absolute atomic E-state index is 0.0129. The van der Waals surface area contributed by atoms with E-state index in [1.165, 1.54) is 10.3 Å². The summed E-state index contributed by atoms with van der Waals surface area (Å²) in [6, 6.07) is 3.45. The molecule has 0 bridgehead atoms. The summed E-state index contributed by atoms with van der Waals surface area (Å²) in [5, 5.41) is 10.7. The van der Waals surface area contributed by atoms with Gasteiger partial charge in [-0.25, -0.2) is 4.98 Å². The molecule has 0 aliphatic heterocycles. The van der Waals surface area contributed by atoms with Crippen molar-refractivity contribution in [3.05, 3.63) is 50.4 Å². The second kappa shape index (κ2) is 4.85. The van der Waals surface area contributed by atoms with Crippen molar-refractivity contribution in [2.45, 2.75) is 0 Å². The van der Waals surface area contributed by atoms with Crippen LogP contribution in [0.4, 0.5) is 0 Å². The zero-order valence-corrected chi connectivity index (χ0v) is 9.34. The molecule has 0 saturated carbocycles. The first-order chi connectivity index (χ1) is 6.70. The van der Waals surface area contributed by atoms with Gasteiger partial charge in [0.25, 0.3) is 0 Å². The summed E-state index contributed by atoms with van der Waals surface area (Å²) in [7, 11) is 0. The Morgan fingerprint density at radius 2 is 2.43 bits per heavy atom. The highest BCUT2D eigenvalue weighted by Crippen LogP contribution is 2.19. The second-order valence-electron chi connectivity index (χ2n) is 2.40. The fraction of sp³-hybridized carbons (Fsp3) is 0. The summed E-state index contributed by atoms with van der Waals surface area (Å²) < 4.78 is 1.40. The summed E-state index contributed by atoms with van der Waals surface area (Å²) in [4.78, 5) is 14.2. The zero-order chi connectivity index (χ0) is 10.6. The number of pyridine rings is 1. The molecule has 0 atom stereocenters. The maximum absolute atomic E-state index is 10.7. The van der Waals surface area contributed by atoms with Gasteiger partial charge < -0.3 is 0 Å². The first kappa shape index (κ1) is 10.8. The molecule has 72 valence electrons. The molecule has 1 aromatic heterocycles. The Balaban J connectivity index is 3.30. The molecule has 14 heavy (non-hydrogen) atoms. The van der Waals surface area contributed by atoms with Crippen molar-refractivity contribution >= 4 is 34.4 Å². The smallest absolute Gasteiger partial charge is 0.258 e. The van der Waals surface area contributed by atoms with Crippen LogP contribution in [0.15, 0.2) is 29.0 Å². The van der Waals surface area contributed by atoms with E-state index in [0.717, 1.165) is 0 Å². The van der Waals surface area contributed by atoms with E-state index in [1.807, 2.05) is 22.6 Å². The molecule has 4 nitrogen and oxygen atoms in total. The average Bonchev–Trinajstić information content (AvgIpc) is 2.19. The Kier molecular flexibility index (Phi) is 3.75. The maximum Gasteiger partial charge on any atom is 0.301 e. The Bertz CT molecular complexity index is 402. The van der Waals surface area contributed by atoms with E-state index in [-0.39, 0.29) is 5.70 Å². The van der Waals surface area contributed by atoms with E-state index in [9.17, 15) is 10.1 Å². The number of halogens is 1. The number of nitrogens with zero attached hydrogens (tertiary/aromatic N) is 2. The zero-order valence-electron chi connectivity index (χ0n) is 7.18.